The highest BCUT2D eigenvalue weighted by molar-refractivity contribution is 6.36. The van der Waals surface area contributed by atoms with Gasteiger partial charge in [0, 0.05) is 25.2 Å². The van der Waals surface area contributed by atoms with Gasteiger partial charge in [-0.05, 0) is 18.2 Å². The predicted molar refractivity (Wildman–Crippen MR) is 66.3 cm³/mol. The highest BCUT2D eigenvalue weighted by Crippen LogP contribution is 2.29. The van der Waals surface area contributed by atoms with Crippen molar-refractivity contribution in [3.63, 3.8) is 0 Å². The lowest BCUT2D eigenvalue weighted by Gasteiger charge is -2.33. The summed E-state index contributed by atoms with van der Waals surface area (Å²) in [5.74, 6) is 0.109. The zero-order valence-electron chi connectivity index (χ0n) is 8.91. The van der Waals surface area contributed by atoms with Crippen LogP contribution >= 0.6 is 23.2 Å². The van der Waals surface area contributed by atoms with Crippen molar-refractivity contribution in [3.8, 4) is 0 Å². The minimum Gasteiger partial charge on any atom is -0.359 e. The SMILES string of the molecule is CN1CCN(c2ccc(Cl)cc2Cl)CC1=O. The van der Waals surface area contributed by atoms with Crippen molar-refractivity contribution >= 4 is 34.8 Å². The molecule has 0 unspecified atom stereocenters. The summed E-state index contributed by atoms with van der Waals surface area (Å²) < 4.78 is 0. The normalized spacial score (nSPS) is 16.8. The summed E-state index contributed by atoms with van der Waals surface area (Å²) >= 11 is 11.9. The van der Waals surface area contributed by atoms with E-state index in [1.165, 1.54) is 0 Å². The molecule has 0 spiro atoms. The first-order chi connectivity index (χ1) is 7.58. The summed E-state index contributed by atoms with van der Waals surface area (Å²) in [6.07, 6.45) is 0. The van der Waals surface area contributed by atoms with Crippen LogP contribution in [0, 0.1) is 0 Å². The standard InChI is InChI=1S/C11H12Cl2N2O/c1-14-4-5-15(7-11(14)16)10-3-2-8(12)6-9(10)13/h2-3,6H,4-5,7H2,1H3. The Morgan fingerprint density at radius 2 is 2.00 bits per heavy atom. The van der Waals surface area contributed by atoms with Gasteiger partial charge in [-0.25, -0.2) is 0 Å². The predicted octanol–water partition coefficient (Wildman–Crippen LogP) is 2.27. The van der Waals surface area contributed by atoms with Gasteiger partial charge in [-0.1, -0.05) is 23.2 Å². The van der Waals surface area contributed by atoms with Gasteiger partial charge in [0.15, 0.2) is 0 Å². The van der Waals surface area contributed by atoms with E-state index in [0.717, 1.165) is 18.8 Å². The van der Waals surface area contributed by atoms with Crippen molar-refractivity contribution in [1.82, 2.24) is 4.90 Å². The average molecular weight is 259 g/mol. The van der Waals surface area contributed by atoms with Gasteiger partial charge in [0.25, 0.3) is 0 Å². The fraction of sp³-hybridized carbons (Fsp3) is 0.364. The quantitative estimate of drug-likeness (QED) is 0.772. The molecule has 0 aliphatic carbocycles. The number of likely N-dealkylation sites (N-methyl/N-ethyl adjacent to an activating group) is 1. The number of hydrogen-bond donors (Lipinski definition) is 0. The lowest BCUT2D eigenvalue weighted by molar-refractivity contribution is -0.129. The van der Waals surface area contributed by atoms with Crippen molar-refractivity contribution in [1.29, 1.82) is 0 Å². The first-order valence-corrected chi connectivity index (χ1v) is 5.77. The summed E-state index contributed by atoms with van der Waals surface area (Å²) in [7, 11) is 1.81. The maximum absolute atomic E-state index is 11.6. The van der Waals surface area contributed by atoms with Gasteiger partial charge in [0.05, 0.1) is 17.3 Å². The Kier molecular flexibility index (Phi) is 3.26. The highest BCUT2D eigenvalue weighted by atomic mass is 35.5. The lowest BCUT2D eigenvalue weighted by atomic mass is 10.2. The second-order valence-corrected chi connectivity index (χ2v) is 4.68. The van der Waals surface area contributed by atoms with Crippen LogP contribution in [0.15, 0.2) is 18.2 Å². The molecule has 0 N–H and O–H groups in total. The van der Waals surface area contributed by atoms with E-state index in [1.54, 1.807) is 17.0 Å². The topological polar surface area (TPSA) is 23.6 Å². The van der Waals surface area contributed by atoms with Crippen molar-refractivity contribution < 1.29 is 4.79 Å². The molecular weight excluding hydrogens is 247 g/mol. The van der Waals surface area contributed by atoms with E-state index in [1.807, 2.05) is 18.0 Å². The van der Waals surface area contributed by atoms with Crippen molar-refractivity contribution in [2.75, 3.05) is 31.6 Å². The molecule has 1 aromatic carbocycles. The number of halogens is 2. The molecule has 2 rings (SSSR count). The number of piperazine rings is 1. The third-order valence-electron chi connectivity index (χ3n) is 2.71. The van der Waals surface area contributed by atoms with E-state index in [2.05, 4.69) is 0 Å². The van der Waals surface area contributed by atoms with Crippen LogP contribution in [0.3, 0.4) is 0 Å². The molecule has 3 nitrogen and oxygen atoms in total. The number of benzene rings is 1. The molecule has 1 amide bonds. The molecule has 86 valence electrons. The summed E-state index contributed by atoms with van der Waals surface area (Å²) in [5.41, 5.74) is 0.868. The molecular formula is C11H12Cl2N2O. The minimum absolute atomic E-state index is 0.109. The van der Waals surface area contributed by atoms with Gasteiger partial charge in [0.1, 0.15) is 0 Å². The lowest BCUT2D eigenvalue weighted by Crippen LogP contribution is -2.48. The van der Waals surface area contributed by atoms with Crippen molar-refractivity contribution in [2.24, 2.45) is 0 Å². The number of carbonyl (C=O) groups excluding carboxylic acids is 1. The average Bonchev–Trinajstić information content (AvgIpc) is 2.22. The van der Waals surface area contributed by atoms with Gasteiger partial charge < -0.3 is 9.80 Å². The third-order valence-corrected chi connectivity index (χ3v) is 3.25. The van der Waals surface area contributed by atoms with Gasteiger partial charge >= 0.3 is 0 Å². The smallest absolute Gasteiger partial charge is 0.241 e. The van der Waals surface area contributed by atoms with E-state index in [-0.39, 0.29) is 5.91 Å². The van der Waals surface area contributed by atoms with Crippen LogP contribution in [0.5, 0.6) is 0 Å². The van der Waals surface area contributed by atoms with Crippen LogP contribution in [0.2, 0.25) is 10.0 Å². The summed E-state index contributed by atoms with van der Waals surface area (Å²) in [6, 6.07) is 5.33. The number of nitrogens with zero attached hydrogens (tertiary/aromatic N) is 2. The second kappa shape index (κ2) is 4.52. The van der Waals surface area contributed by atoms with Crippen LogP contribution in [0.1, 0.15) is 0 Å². The number of rotatable bonds is 1. The zero-order chi connectivity index (χ0) is 11.7. The van der Waals surface area contributed by atoms with Gasteiger partial charge in [-0.3, -0.25) is 4.79 Å². The largest absolute Gasteiger partial charge is 0.359 e. The number of carbonyl (C=O) groups is 1. The number of amides is 1. The fourth-order valence-corrected chi connectivity index (χ4v) is 2.23. The van der Waals surface area contributed by atoms with Gasteiger partial charge in [0.2, 0.25) is 5.91 Å². The monoisotopic (exact) mass is 258 g/mol. The van der Waals surface area contributed by atoms with Crippen LogP contribution in [0.25, 0.3) is 0 Å². The molecule has 1 aliphatic heterocycles. The first kappa shape index (κ1) is 11.6. The summed E-state index contributed by atoms with van der Waals surface area (Å²) in [5, 5.41) is 1.19. The van der Waals surface area contributed by atoms with Crippen molar-refractivity contribution in [3.05, 3.63) is 28.2 Å². The van der Waals surface area contributed by atoms with Crippen LogP contribution in [0.4, 0.5) is 5.69 Å². The molecule has 0 saturated carbocycles. The second-order valence-electron chi connectivity index (χ2n) is 3.83. The summed E-state index contributed by atoms with van der Waals surface area (Å²) in [6.45, 7) is 1.89. The van der Waals surface area contributed by atoms with E-state index < -0.39 is 0 Å². The molecule has 0 bridgehead atoms. The summed E-state index contributed by atoms with van der Waals surface area (Å²) in [4.78, 5) is 15.3. The van der Waals surface area contributed by atoms with Gasteiger partial charge in [-0.15, -0.1) is 0 Å². The number of anilines is 1. The zero-order valence-corrected chi connectivity index (χ0v) is 10.4. The molecule has 0 aromatic heterocycles. The Morgan fingerprint density at radius 1 is 1.25 bits per heavy atom. The van der Waals surface area contributed by atoms with Gasteiger partial charge in [-0.2, -0.15) is 0 Å². The molecule has 1 fully saturated rings. The Morgan fingerprint density at radius 3 is 2.62 bits per heavy atom. The molecule has 1 saturated heterocycles. The minimum atomic E-state index is 0.109. The molecule has 0 radical (unpaired) electrons. The third kappa shape index (κ3) is 2.25. The molecule has 5 heteroatoms. The molecule has 16 heavy (non-hydrogen) atoms. The van der Waals surface area contributed by atoms with Crippen LogP contribution < -0.4 is 4.90 Å². The van der Waals surface area contributed by atoms with E-state index in [9.17, 15) is 4.79 Å². The maximum Gasteiger partial charge on any atom is 0.241 e. The molecule has 1 heterocycles. The van der Waals surface area contributed by atoms with E-state index in [0.29, 0.717) is 16.6 Å². The molecule has 0 atom stereocenters. The fourth-order valence-electron chi connectivity index (χ4n) is 1.70. The van der Waals surface area contributed by atoms with Crippen LogP contribution in [-0.2, 0) is 4.79 Å². The first-order valence-electron chi connectivity index (χ1n) is 5.02. The Labute approximate surface area is 105 Å². The molecule has 1 aliphatic rings. The Hall–Kier alpha value is -0.930. The number of hydrogen-bond acceptors (Lipinski definition) is 2. The van der Waals surface area contributed by atoms with E-state index >= 15 is 0 Å². The maximum atomic E-state index is 11.6. The Bertz CT molecular complexity index is 422. The molecule has 1 aromatic rings. The Balaban J connectivity index is 2.22. The van der Waals surface area contributed by atoms with E-state index in [4.69, 9.17) is 23.2 Å². The highest BCUT2D eigenvalue weighted by Gasteiger charge is 2.22. The van der Waals surface area contributed by atoms with Crippen molar-refractivity contribution in [2.45, 2.75) is 0 Å². The van der Waals surface area contributed by atoms with Crippen LogP contribution in [-0.4, -0.2) is 37.5 Å².